The van der Waals surface area contributed by atoms with Crippen molar-refractivity contribution >= 4 is 21.8 Å². The van der Waals surface area contributed by atoms with Crippen LogP contribution >= 0.6 is 0 Å². The normalized spacial score (nSPS) is 13.9. The molecule has 2 heterocycles. The van der Waals surface area contributed by atoms with Crippen LogP contribution in [0.4, 0.5) is 0 Å². The van der Waals surface area contributed by atoms with Crippen LogP contribution in [0.3, 0.4) is 0 Å². The first-order valence-corrected chi connectivity index (χ1v) is 8.84. The van der Waals surface area contributed by atoms with Gasteiger partial charge < -0.3 is 0 Å². The fourth-order valence-corrected chi connectivity index (χ4v) is 3.35. The van der Waals surface area contributed by atoms with Gasteiger partial charge in [-0.05, 0) is 51.0 Å². The van der Waals surface area contributed by atoms with Crippen molar-refractivity contribution in [1.29, 1.82) is 0 Å². The van der Waals surface area contributed by atoms with Gasteiger partial charge in [-0.3, -0.25) is 9.36 Å². The molecule has 4 aromatic rings. The summed E-state index contributed by atoms with van der Waals surface area (Å²) < 4.78 is 3.89. The van der Waals surface area contributed by atoms with Crippen LogP contribution in [0.5, 0.6) is 0 Å². The van der Waals surface area contributed by atoms with E-state index in [1.807, 2.05) is 29.7 Å². The Hall–Kier alpha value is -2.62. The topological polar surface area (TPSA) is 35.6 Å². The molecule has 1 aliphatic carbocycles. The van der Waals surface area contributed by atoms with Crippen LogP contribution < -0.4 is 0 Å². The van der Waals surface area contributed by atoms with Crippen molar-refractivity contribution in [2.75, 3.05) is 0 Å². The lowest BCUT2D eigenvalue weighted by Crippen LogP contribution is -1.90. The lowest BCUT2D eigenvalue weighted by atomic mass is 10.1. The first kappa shape index (κ1) is 15.9. The van der Waals surface area contributed by atoms with Crippen LogP contribution in [-0.2, 0) is 14.1 Å². The van der Waals surface area contributed by atoms with E-state index < -0.39 is 0 Å². The standard InChI is InChI=1S/C12H14N2.C9H10N2/c1-8-3-6-11-10(7-8)12(9-4-5-9)13-14(11)2;1-7-3-4-9-8(5-7)6-10-11(9)2/h3,6-7,9H,4-5H2,1-2H3;3-6H,1-2H3. The molecule has 128 valence electrons. The van der Waals surface area contributed by atoms with E-state index in [0.717, 1.165) is 5.92 Å². The molecule has 2 aromatic heterocycles. The first-order chi connectivity index (χ1) is 12.0. The molecular weight excluding hydrogens is 308 g/mol. The molecule has 5 rings (SSSR count). The zero-order chi connectivity index (χ0) is 17.6. The number of hydrogen-bond acceptors (Lipinski definition) is 2. The van der Waals surface area contributed by atoms with Crippen molar-refractivity contribution in [3.05, 3.63) is 59.4 Å². The molecule has 0 amide bonds. The average molecular weight is 332 g/mol. The van der Waals surface area contributed by atoms with E-state index in [9.17, 15) is 0 Å². The minimum atomic E-state index is 0.737. The maximum atomic E-state index is 4.61. The summed E-state index contributed by atoms with van der Waals surface area (Å²) in [7, 11) is 3.99. The predicted octanol–water partition coefficient (Wildman–Crippen LogP) is 4.64. The monoisotopic (exact) mass is 332 g/mol. The number of nitrogens with zero attached hydrogens (tertiary/aromatic N) is 4. The third kappa shape index (κ3) is 3.04. The molecule has 0 bridgehead atoms. The quantitative estimate of drug-likeness (QED) is 0.509. The van der Waals surface area contributed by atoms with Crippen LogP contribution in [0, 0.1) is 13.8 Å². The summed E-state index contributed by atoms with van der Waals surface area (Å²) in [6, 6.07) is 12.9. The van der Waals surface area contributed by atoms with Crippen LogP contribution in [0.25, 0.3) is 21.8 Å². The molecule has 4 nitrogen and oxygen atoms in total. The van der Waals surface area contributed by atoms with Crippen molar-refractivity contribution in [1.82, 2.24) is 19.6 Å². The van der Waals surface area contributed by atoms with Crippen molar-refractivity contribution in [3.8, 4) is 0 Å². The fraction of sp³-hybridized carbons (Fsp3) is 0.333. The predicted molar refractivity (Wildman–Crippen MR) is 103 cm³/mol. The Balaban J connectivity index is 0.000000129. The van der Waals surface area contributed by atoms with Gasteiger partial charge in [0.2, 0.25) is 0 Å². The Morgan fingerprint density at radius 1 is 0.880 bits per heavy atom. The van der Waals surface area contributed by atoms with E-state index in [1.54, 1.807) is 0 Å². The second-order valence-electron chi connectivity index (χ2n) is 7.13. The van der Waals surface area contributed by atoms with Gasteiger partial charge in [-0.2, -0.15) is 10.2 Å². The molecule has 1 aliphatic rings. The number of aromatic nitrogens is 4. The van der Waals surface area contributed by atoms with E-state index in [4.69, 9.17) is 0 Å². The van der Waals surface area contributed by atoms with Crippen LogP contribution in [0.15, 0.2) is 42.6 Å². The Bertz CT molecular complexity index is 1050. The third-order valence-corrected chi connectivity index (χ3v) is 4.90. The zero-order valence-electron chi connectivity index (χ0n) is 15.3. The average Bonchev–Trinajstić information content (AvgIpc) is 3.30. The van der Waals surface area contributed by atoms with E-state index in [2.05, 4.69) is 60.4 Å². The second kappa shape index (κ2) is 6.03. The minimum absolute atomic E-state index is 0.737. The van der Waals surface area contributed by atoms with E-state index in [-0.39, 0.29) is 0 Å². The highest BCUT2D eigenvalue weighted by atomic mass is 15.3. The molecule has 2 aromatic carbocycles. The van der Waals surface area contributed by atoms with E-state index in [1.165, 1.54) is 51.5 Å². The number of hydrogen-bond donors (Lipinski definition) is 0. The molecule has 0 saturated heterocycles. The highest BCUT2D eigenvalue weighted by Gasteiger charge is 2.28. The first-order valence-electron chi connectivity index (χ1n) is 8.84. The molecule has 1 fully saturated rings. The van der Waals surface area contributed by atoms with Gasteiger partial charge in [0.1, 0.15) is 0 Å². The number of fused-ring (bicyclic) bond motifs is 2. The van der Waals surface area contributed by atoms with Gasteiger partial charge in [0.25, 0.3) is 0 Å². The summed E-state index contributed by atoms with van der Waals surface area (Å²) in [6.45, 7) is 4.23. The lowest BCUT2D eigenvalue weighted by Gasteiger charge is -1.95. The van der Waals surface area contributed by atoms with Gasteiger partial charge >= 0.3 is 0 Å². The van der Waals surface area contributed by atoms with Gasteiger partial charge in [0.05, 0.1) is 22.9 Å². The fourth-order valence-electron chi connectivity index (χ4n) is 3.35. The molecule has 0 unspecified atom stereocenters. The highest BCUT2D eigenvalue weighted by molar-refractivity contribution is 5.83. The smallest absolute Gasteiger partial charge is 0.0734 e. The van der Waals surface area contributed by atoms with E-state index in [0.29, 0.717) is 0 Å². The van der Waals surface area contributed by atoms with Crippen LogP contribution in [0.1, 0.15) is 35.6 Å². The van der Waals surface area contributed by atoms with Gasteiger partial charge in [-0.1, -0.05) is 23.3 Å². The maximum absolute atomic E-state index is 4.61. The summed E-state index contributed by atoms with van der Waals surface area (Å²) in [5, 5.41) is 11.3. The van der Waals surface area contributed by atoms with E-state index >= 15 is 0 Å². The second-order valence-corrected chi connectivity index (χ2v) is 7.13. The molecule has 0 N–H and O–H groups in total. The summed E-state index contributed by atoms with van der Waals surface area (Å²) in [6.07, 6.45) is 4.53. The largest absolute Gasteiger partial charge is 0.268 e. The molecular formula is C21H24N4. The van der Waals surface area contributed by atoms with Crippen molar-refractivity contribution < 1.29 is 0 Å². The summed E-state index contributed by atoms with van der Waals surface area (Å²) in [5.41, 5.74) is 6.37. The number of benzene rings is 2. The number of rotatable bonds is 1. The third-order valence-electron chi connectivity index (χ3n) is 4.90. The molecule has 0 atom stereocenters. The summed E-state index contributed by atoms with van der Waals surface area (Å²) in [5.74, 6) is 0.737. The Kier molecular flexibility index (Phi) is 3.83. The van der Waals surface area contributed by atoms with Crippen molar-refractivity contribution in [3.63, 3.8) is 0 Å². The van der Waals surface area contributed by atoms with Crippen LogP contribution in [-0.4, -0.2) is 19.6 Å². The van der Waals surface area contributed by atoms with Gasteiger partial charge in [-0.25, -0.2) is 0 Å². The van der Waals surface area contributed by atoms with Crippen LogP contribution in [0.2, 0.25) is 0 Å². The van der Waals surface area contributed by atoms with Gasteiger partial charge in [0.15, 0.2) is 0 Å². The lowest BCUT2D eigenvalue weighted by molar-refractivity contribution is 0.767. The van der Waals surface area contributed by atoms with Gasteiger partial charge in [-0.15, -0.1) is 0 Å². The van der Waals surface area contributed by atoms with Crippen molar-refractivity contribution in [2.24, 2.45) is 14.1 Å². The minimum Gasteiger partial charge on any atom is -0.268 e. The van der Waals surface area contributed by atoms with Crippen molar-refractivity contribution in [2.45, 2.75) is 32.6 Å². The highest BCUT2D eigenvalue weighted by Crippen LogP contribution is 2.42. The van der Waals surface area contributed by atoms with Gasteiger partial charge in [0, 0.05) is 30.8 Å². The zero-order valence-corrected chi connectivity index (χ0v) is 15.3. The Morgan fingerprint density at radius 2 is 1.56 bits per heavy atom. The molecule has 1 saturated carbocycles. The summed E-state index contributed by atoms with van der Waals surface area (Å²) >= 11 is 0. The Morgan fingerprint density at radius 3 is 2.28 bits per heavy atom. The SMILES string of the molecule is Cc1ccc2c(c1)c(C1CC1)nn2C.Cc1ccc2c(cnn2C)c1. The molecule has 0 radical (unpaired) electrons. The molecule has 0 aliphatic heterocycles. The molecule has 0 spiro atoms. The Labute approximate surface area is 148 Å². The molecule has 4 heteroatoms. The maximum Gasteiger partial charge on any atom is 0.0734 e. The number of aryl methyl sites for hydroxylation is 4. The summed E-state index contributed by atoms with van der Waals surface area (Å²) in [4.78, 5) is 0. The molecule has 25 heavy (non-hydrogen) atoms.